The maximum Gasteiger partial charge on any atom is 0.124 e. The van der Waals surface area contributed by atoms with Crippen molar-refractivity contribution in [1.82, 2.24) is 4.90 Å². The molecule has 2 N–H and O–H groups in total. The topological polar surface area (TPSA) is 46.3 Å². The van der Waals surface area contributed by atoms with Crippen LogP contribution < -0.4 is 5.73 Å². The van der Waals surface area contributed by atoms with Crippen LogP contribution in [0.3, 0.4) is 0 Å². The lowest BCUT2D eigenvalue weighted by molar-refractivity contribution is -0.111. The number of nitrogens with zero attached hydrogens (tertiary/aromatic N) is 1. The fourth-order valence-corrected chi connectivity index (χ4v) is 0.927. The minimum Gasteiger partial charge on any atom is -0.354 e. The van der Waals surface area contributed by atoms with Gasteiger partial charge in [0.1, 0.15) is 6.29 Å². The molecule has 1 atom stereocenters. The van der Waals surface area contributed by atoms with Gasteiger partial charge in [-0.05, 0) is 32.8 Å². The lowest BCUT2D eigenvalue weighted by atomic mass is 10.1. The molecule has 0 radical (unpaired) electrons. The number of hydrogen-bond acceptors (Lipinski definition) is 3. The second kappa shape index (κ2) is 29.7. The maximum absolute atomic E-state index is 10.5. The lowest BCUT2D eigenvalue weighted by Gasteiger charge is -2.17. The number of aldehydes is 1. The zero-order chi connectivity index (χ0) is 15.4. The van der Waals surface area contributed by atoms with Gasteiger partial charge >= 0.3 is 0 Å². The quantitative estimate of drug-likeness (QED) is 0.737. The predicted molar refractivity (Wildman–Crippen MR) is 84.4 cm³/mol. The predicted octanol–water partition coefficient (Wildman–Crippen LogP) is 3.82. The number of carbonyl (C=O) groups excluding carboxylic acids is 1. The van der Waals surface area contributed by atoms with Crippen molar-refractivity contribution in [3.63, 3.8) is 0 Å². The molecule has 0 aromatic heterocycles. The Morgan fingerprint density at radius 3 is 1.89 bits per heavy atom. The zero-order valence-corrected chi connectivity index (χ0v) is 13.4. The standard InChI is InChI=1S/C10H17NO.2C2H6.CH5N/c1-4-7-11(6-3)8-10(5-2)9-12;3*1-2/h4,6-7,9-10H,3,5,8H2,1-2H3;2*1-2H3;2H2,1H3/b7-4-;;;. The fraction of sp³-hybridized carbons (Fsp3) is 0.667. The van der Waals surface area contributed by atoms with E-state index in [0.29, 0.717) is 0 Å². The highest BCUT2D eigenvalue weighted by molar-refractivity contribution is 5.53. The lowest BCUT2D eigenvalue weighted by Crippen LogP contribution is -2.20. The highest BCUT2D eigenvalue weighted by atomic mass is 16.1. The van der Waals surface area contributed by atoms with Gasteiger partial charge in [0.05, 0.1) is 0 Å². The van der Waals surface area contributed by atoms with Crippen LogP contribution in [0.15, 0.2) is 25.1 Å². The largest absolute Gasteiger partial charge is 0.354 e. The summed E-state index contributed by atoms with van der Waals surface area (Å²) in [5.41, 5.74) is 4.50. The molecule has 3 heteroatoms. The van der Waals surface area contributed by atoms with E-state index in [1.807, 2.05) is 58.7 Å². The smallest absolute Gasteiger partial charge is 0.124 e. The molecule has 3 nitrogen and oxygen atoms in total. The maximum atomic E-state index is 10.5. The van der Waals surface area contributed by atoms with Crippen molar-refractivity contribution in [3.05, 3.63) is 25.1 Å². The van der Waals surface area contributed by atoms with E-state index in [9.17, 15) is 4.79 Å². The first-order valence-electron chi connectivity index (χ1n) is 6.82. The Labute approximate surface area is 115 Å². The Kier molecular flexibility index (Phi) is 42.4. The summed E-state index contributed by atoms with van der Waals surface area (Å²) < 4.78 is 0. The van der Waals surface area contributed by atoms with Crippen molar-refractivity contribution < 1.29 is 4.79 Å². The molecule has 18 heavy (non-hydrogen) atoms. The minimum atomic E-state index is 0.110. The van der Waals surface area contributed by atoms with E-state index in [0.717, 1.165) is 19.3 Å². The molecule has 0 aromatic rings. The van der Waals surface area contributed by atoms with Crippen LogP contribution in [0.1, 0.15) is 48.0 Å². The van der Waals surface area contributed by atoms with Crippen LogP contribution in [0, 0.1) is 5.92 Å². The van der Waals surface area contributed by atoms with Gasteiger partial charge in [-0.1, -0.05) is 47.3 Å². The second-order valence-corrected chi connectivity index (χ2v) is 2.67. The van der Waals surface area contributed by atoms with Crippen molar-refractivity contribution in [2.24, 2.45) is 11.7 Å². The molecule has 0 saturated carbocycles. The number of rotatable bonds is 6. The average Bonchev–Trinajstić information content (AvgIpc) is 2.49. The summed E-state index contributed by atoms with van der Waals surface area (Å²) in [4.78, 5) is 12.4. The molecule has 0 heterocycles. The Morgan fingerprint density at radius 1 is 1.22 bits per heavy atom. The van der Waals surface area contributed by atoms with Crippen LogP contribution in [-0.2, 0) is 4.79 Å². The Balaban J connectivity index is -0.000000141. The Morgan fingerprint density at radius 2 is 1.67 bits per heavy atom. The molecule has 0 fully saturated rings. The third-order valence-corrected chi connectivity index (χ3v) is 1.74. The van der Waals surface area contributed by atoms with Crippen molar-refractivity contribution in [1.29, 1.82) is 0 Å². The second-order valence-electron chi connectivity index (χ2n) is 2.67. The summed E-state index contributed by atoms with van der Waals surface area (Å²) in [7, 11) is 1.50. The van der Waals surface area contributed by atoms with Crippen molar-refractivity contribution in [2.75, 3.05) is 13.6 Å². The van der Waals surface area contributed by atoms with Crippen LogP contribution >= 0.6 is 0 Å². The van der Waals surface area contributed by atoms with E-state index in [2.05, 4.69) is 12.3 Å². The van der Waals surface area contributed by atoms with E-state index in [1.165, 1.54) is 7.05 Å². The van der Waals surface area contributed by atoms with Gasteiger partial charge in [0, 0.05) is 12.5 Å². The molecule has 0 amide bonds. The summed E-state index contributed by atoms with van der Waals surface area (Å²) >= 11 is 0. The molecule has 0 rings (SSSR count). The molecule has 110 valence electrons. The highest BCUT2D eigenvalue weighted by Gasteiger charge is 2.05. The van der Waals surface area contributed by atoms with Crippen LogP contribution in [0.5, 0.6) is 0 Å². The summed E-state index contributed by atoms with van der Waals surface area (Å²) in [6, 6.07) is 0. The van der Waals surface area contributed by atoms with Crippen molar-refractivity contribution in [2.45, 2.75) is 48.0 Å². The number of allylic oxidation sites excluding steroid dienone is 1. The SMILES string of the molecule is C=CN(/C=C\C)CC(C=O)CC.CC.CC.CN. The summed E-state index contributed by atoms with van der Waals surface area (Å²) in [5.74, 6) is 0.110. The highest BCUT2D eigenvalue weighted by Crippen LogP contribution is 2.03. The molecule has 0 bridgehead atoms. The van der Waals surface area contributed by atoms with Gasteiger partial charge in [0.15, 0.2) is 0 Å². The normalized spacial score (nSPS) is 9.56. The molecular formula is C15H34N2O. The first-order chi connectivity index (χ1) is 8.78. The van der Waals surface area contributed by atoms with Gasteiger partial charge < -0.3 is 15.4 Å². The van der Waals surface area contributed by atoms with Gasteiger partial charge in [0.2, 0.25) is 0 Å². The first kappa shape index (κ1) is 25.7. The van der Waals surface area contributed by atoms with E-state index in [1.54, 1.807) is 6.20 Å². The van der Waals surface area contributed by atoms with Gasteiger partial charge in [-0.25, -0.2) is 0 Å². The molecule has 0 spiro atoms. The van der Waals surface area contributed by atoms with Gasteiger partial charge in [-0.3, -0.25) is 0 Å². The third-order valence-electron chi connectivity index (χ3n) is 1.74. The van der Waals surface area contributed by atoms with Gasteiger partial charge in [0.25, 0.3) is 0 Å². The van der Waals surface area contributed by atoms with Crippen LogP contribution in [0.25, 0.3) is 0 Å². The molecule has 0 aliphatic heterocycles. The summed E-state index contributed by atoms with van der Waals surface area (Å²) in [6.45, 7) is 16.3. The molecular weight excluding hydrogens is 224 g/mol. The summed E-state index contributed by atoms with van der Waals surface area (Å²) in [5, 5.41) is 0. The molecule has 0 aliphatic rings. The average molecular weight is 258 g/mol. The van der Waals surface area contributed by atoms with Gasteiger partial charge in [-0.2, -0.15) is 0 Å². The number of nitrogens with two attached hydrogens (primary N) is 1. The van der Waals surface area contributed by atoms with E-state index in [-0.39, 0.29) is 5.92 Å². The molecule has 0 aromatic carbocycles. The Bertz CT molecular complexity index is 168. The number of carbonyl (C=O) groups is 1. The zero-order valence-electron chi connectivity index (χ0n) is 13.4. The van der Waals surface area contributed by atoms with Gasteiger partial charge in [-0.15, -0.1) is 0 Å². The molecule has 0 aliphatic carbocycles. The Hall–Kier alpha value is -1.09. The molecule has 1 unspecified atom stereocenters. The third kappa shape index (κ3) is 20.3. The van der Waals surface area contributed by atoms with E-state index >= 15 is 0 Å². The fourth-order valence-electron chi connectivity index (χ4n) is 0.927. The van der Waals surface area contributed by atoms with Crippen LogP contribution in [0.2, 0.25) is 0 Å². The van der Waals surface area contributed by atoms with Crippen LogP contribution in [-0.4, -0.2) is 24.8 Å². The van der Waals surface area contributed by atoms with Crippen molar-refractivity contribution in [3.8, 4) is 0 Å². The summed E-state index contributed by atoms with van der Waals surface area (Å²) in [6.07, 6.45) is 7.45. The van der Waals surface area contributed by atoms with Crippen molar-refractivity contribution >= 4 is 6.29 Å². The number of hydrogen-bond donors (Lipinski definition) is 1. The molecule has 0 saturated heterocycles. The first-order valence-corrected chi connectivity index (χ1v) is 6.82. The minimum absolute atomic E-state index is 0.110. The van der Waals surface area contributed by atoms with Crippen LogP contribution in [0.4, 0.5) is 0 Å². The van der Waals surface area contributed by atoms with E-state index < -0.39 is 0 Å². The van der Waals surface area contributed by atoms with E-state index in [4.69, 9.17) is 0 Å². The monoisotopic (exact) mass is 258 g/mol.